The molecular formula is C27H24F2N6O. The van der Waals surface area contributed by atoms with Crippen LogP contribution in [0.15, 0.2) is 73.2 Å². The molecule has 4 aromatic rings. The van der Waals surface area contributed by atoms with Gasteiger partial charge in [0.25, 0.3) is 0 Å². The number of rotatable bonds is 9. The van der Waals surface area contributed by atoms with Crippen LogP contribution in [0.25, 0.3) is 11.1 Å². The maximum Gasteiger partial charge on any atom is 0.234 e. The number of nitriles is 1. The van der Waals surface area contributed by atoms with E-state index in [-0.39, 0.29) is 36.5 Å². The molecule has 2 aromatic carbocycles. The summed E-state index contributed by atoms with van der Waals surface area (Å²) in [6, 6.07) is 16.6. The molecule has 9 heteroatoms. The predicted molar refractivity (Wildman–Crippen MR) is 132 cm³/mol. The lowest BCUT2D eigenvalue weighted by atomic mass is 9.98. The number of aryl methyl sites for hydroxylation is 1. The Labute approximate surface area is 207 Å². The minimum atomic E-state index is -0.758. The van der Waals surface area contributed by atoms with E-state index in [9.17, 15) is 13.6 Å². The molecule has 0 saturated carbocycles. The van der Waals surface area contributed by atoms with Gasteiger partial charge in [0, 0.05) is 42.7 Å². The molecule has 2 aromatic heterocycles. The van der Waals surface area contributed by atoms with Crippen molar-refractivity contribution >= 4 is 11.7 Å². The van der Waals surface area contributed by atoms with Gasteiger partial charge in [-0.15, -0.1) is 0 Å². The number of nitrogens with one attached hydrogen (secondary N) is 2. The largest absolute Gasteiger partial charge is 0.315 e. The van der Waals surface area contributed by atoms with Gasteiger partial charge in [-0.1, -0.05) is 30.3 Å². The van der Waals surface area contributed by atoms with Gasteiger partial charge in [-0.3, -0.25) is 9.48 Å². The smallest absolute Gasteiger partial charge is 0.234 e. The Bertz CT molecular complexity index is 1360. The van der Waals surface area contributed by atoms with E-state index >= 15 is 0 Å². The minimum Gasteiger partial charge on any atom is -0.315 e. The highest BCUT2D eigenvalue weighted by Crippen LogP contribution is 2.21. The molecule has 0 saturated heterocycles. The number of nitrogens with zero attached hydrogens (tertiary/aromatic N) is 4. The van der Waals surface area contributed by atoms with Crippen LogP contribution in [-0.2, 0) is 18.3 Å². The fraction of sp³-hybridized carbons (Fsp3) is 0.185. The van der Waals surface area contributed by atoms with Crippen molar-refractivity contribution in [3.05, 3.63) is 102 Å². The van der Waals surface area contributed by atoms with E-state index in [1.54, 1.807) is 29.2 Å². The summed E-state index contributed by atoms with van der Waals surface area (Å²) in [4.78, 5) is 17.5. The molecule has 0 spiro atoms. The first-order chi connectivity index (χ1) is 17.4. The lowest BCUT2D eigenvalue weighted by Crippen LogP contribution is -2.32. The molecule has 0 bridgehead atoms. The van der Waals surface area contributed by atoms with Crippen molar-refractivity contribution in [1.29, 1.82) is 5.26 Å². The summed E-state index contributed by atoms with van der Waals surface area (Å²) in [6.07, 6.45) is 5.36. The van der Waals surface area contributed by atoms with Crippen molar-refractivity contribution < 1.29 is 13.6 Å². The molecule has 4 rings (SSSR count). The summed E-state index contributed by atoms with van der Waals surface area (Å²) >= 11 is 0. The highest BCUT2D eigenvalue weighted by Gasteiger charge is 2.21. The van der Waals surface area contributed by atoms with E-state index in [4.69, 9.17) is 5.26 Å². The zero-order chi connectivity index (χ0) is 25.5. The molecule has 0 radical (unpaired) electrons. The van der Waals surface area contributed by atoms with Gasteiger partial charge < -0.3 is 10.6 Å². The number of amides is 1. The highest BCUT2D eigenvalue weighted by atomic mass is 19.1. The molecule has 0 aliphatic rings. The summed E-state index contributed by atoms with van der Waals surface area (Å²) < 4.78 is 30.0. The SMILES string of the molecule is Cn1cc(-c2ccc(NC(=O)C(CNCCc3c(F)cc(C#N)cc3F)c3ccccc3)nc2)cn1. The van der Waals surface area contributed by atoms with Crippen LogP contribution in [0.5, 0.6) is 0 Å². The van der Waals surface area contributed by atoms with Gasteiger partial charge in [-0.05, 0) is 42.8 Å². The van der Waals surface area contributed by atoms with Crippen LogP contribution >= 0.6 is 0 Å². The monoisotopic (exact) mass is 486 g/mol. The van der Waals surface area contributed by atoms with Gasteiger partial charge in [0.05, 0.1) is 23.7 Å². The number of hydrogen-bond donors (Lipinski definition) is 2. The van der Waals surface area contributed by atoms with Gasteiger partial charge in [-0.2, -0.15) is 10.4 Å². The number of halogens is 2. The van der Waals surface area contributed by atoms with Gasteiger partial charge in [0.15, 0.2) is 0 Å². The Morgan fingerprint density at radius 2 is 1.83 bits per heavy atom. The fourth-order valence-electron chi connectivity index (χ4n) is 3.84. The third-order valence-corrected chi connectivity index (χ3v) is 5.74. The molecule has 1 unspecified atom stereocenters. The quantitative estimate of drug-likeness (QED) is 0.346. The van der Waals surface area contributed by atoms with Gasteiger partial charge in [0.2, 0.25) is 5.91 Å². The molecule has 2 N–H and O–H groups in total. The molecule has 7 nitrogen and oxygen atoms in total. The standard InChI is InChI=1S/C27H24F2N6O/c1-35-17-21(15-33-35)20-7-8-26(32-14-20)34-27(36)23(19-5-3-2-4-6-19)16-31-10-9-22-24(28)11-18(13-30)12-25(22)29/h2-8,11-12,14-15,17,23,31H,9-10,16H2,1H3,(H,32,34,36). The number of carbonyl (C=O) groups excluding carboxylic acids is 1. The van der Waals surface area contributed by atoms with Crippen LogP contribution in [0.3, 0.4) is 0 Å². The first-order valence-electron chi connectivity index (χ1n) is 11.3. The van der Waals surface area contributed by atoms with Crippen LogP contribution in [0.4, 0.5) is 14.6 Å². The topological polar surface area (TPSA) is 95.6 Å². The predicted octanol–water partition coefficient (Wildman–Crippen LogP) is 4.19. The van der Waals surface area contributed by atoms with Crippen molar-refractivity contribution in [3.8, 4) is 17.2 Å². The first kappa shape index (κ1) is 24.7. The van der Waals surface area contributed by atoms with E-state index in [2.05, 4.69) is 20.7 Å². The Kier molecular flexibility index (Phi) is 7.78. The van der Waals surface area contributed by atoms with Gasteiger partial charge >= 0.3 is 0 Å². The number of anilines is 1. The molecule has 1 amide bonds. The number of carbonyl (C=O) groups is 1. The van der Waals surface area contributed by atoms with Crippen LogP contribution in [-0.4, -0.2) is 33.8 Å². The average Bonchev–Trinajstić information content (AvgIpc) is 3.32. The molecule has 0 fully saturated rings. The summed E-state index contributed by atoms with van der Waals surface area (Å²) in [6.45, 7) is 0.498. The van der Waals surface area contributed by atoms with Crippen LogP contribution in [0.2, 0.25) is 0 Å². The van der Waals surface area contributed by atoms with Crippen LogP contribution in [0.1, 0.15) is 22.6 Å². The highest BCUT2D eigenvalue weighted by molar-refractivity contribution is 5.95. The zero-order valence-electron chi connectivity index (χ0n) is 19.6. The second-order valence-corrected chi connectivity index (χ2v) is 8.27. The van der Waals surface area contributed by atoms with Crippen molar-refractivity contribution in [3.63, 3.8) is 0 Å². The Morgan fingerprint density at radius 3 is 2.44 bits per heavy atom. The summed E-state index contributed by atoms with van der Waals surface area (Å²) in [7, 11) is 1.83. The van der Waals surface area contributed by atoms with Crippen molar-refractivity contribution in [2.75, 3.05) is 18.4 Å². The van der Waals surface area contributed by atoms with Gasteiger partial charge in [0.1, 0.15) is 17.5 Å². The molecule has 0 aliphatic heterocycles. The Balaban J connectivity index is 1.41. The number of aromatic nitrogens is 3. The molecular weight excluding hydrogens is 462 g/mol. The Morgan fingerprint density at radius 1 is 1.08 bits per heavy atom. The molecule has 2 heterocycles. The van der Waals surface area contributed by atoms with Crippen molar-refractivity contribution in [2.24, 2.45) is 7.05 Å². The number of pyridine rings is 1. The van der Waals surface area contributed by atoms with Gasteiger partial charge in [-0.25, -0.2) is 13.8 Å². The van der Waals surface area contributed by atoms with E-state index in [1.165, 1.54) is 0 Å². The first-order valence-corrected chi connectivity index (χ1v) is 11.3. The van der Waals surface area contributed by atoms with Crippen molar-refractivity contribution in [1.82, 2.24) is 20.1 Å². The lowest BCUT2D eigenvalue weighted by Gasteiger charge is -2.18. The van der Waals surface area contributed by atoms with Crippen LogP contribution in [0, 0.1) is 23.0 Å². The average molecular weight is 487 g/mol. The van der Waals surface area contributed by atoms with Crippen LogP contribution < -0.4 is 10.6 Å². The third kappa shape index (κ3) is 5.98. The molecule has 182 valence electrons. The zero-order valence-corrected chi connectivity index (χ0v) is 19.6. The van der Waals surface area contributed by atoms with E-state index < -0.39 is 17.6 Å². The lowest BCUT2D eigenvalue weighted by molar-refractivity contribution is -0.117. The normalized spacial score (nSPS) is 11.6. The summed E-state index contributed by atoms with van der Waals surface area (Å²) in [5.41, 5.74) is 2.43. The van der Waals surface area contributed by atoms with E-state index in [1.807, 2.05) is 49.6 Å². The Hall–Kier alpha value is -4.42. The number of hydrogen-bond acceptors (Lipinski definition) is 5. The van der Waals surface area contributed by atoms with Crippen molar-refractivity contribution in [2.45, 2.75) is 12.3 Å². The second-order valence-electron chi connectivity index (χ2n) is 8.27. The third-order valence-electron chi connectivity index (χ3n) is 5.74. The molecule has 36 heavy (non-hydrogen) atoms. The molecule has 0 aliphatic carbocycles. The fourth-order valence-corrected chi connectivity index (χ4v) is 3.84. The minimum absolute atomic E-state index is 0.0652. The number of benzene rings is 2. The summed E-state index contributed by atoms with van der Waals surface area (Å²) in [5.74, 6) is -1.92. The molecule has 1 atom stereocenters. The second kappa shape index (κ2) is 11.3. The summed E-state index contributed by atoms with van der Waals surface area (Å²) in [5, 5.41) is 19.0. The van der Waals surface area contributed by atoms with E-state index in [0.717, 1.165) is 28.8 Å². The maximum atomic E-state index is 14.2. The van der Waals surface area contributed by atoms with E-state index in [0.29, 0.717) is 5.82 Å². The maximum absolute atomic E-state index is 14.2.